The summed E-state index contributed by atoms with van der Waals surface area (Å²) in [5.74, 6) is 0.494. The van der Waals surface area contributed by atoms with Gasteiger partial charge in [-0.15, -0.1) is 0 Å². The molecule has 0 spiro atoms. The third-order valence-corrected chi connectivity index (χ3v) is 4.09. The molecule has 1 N–H and O–H groups in total. The van der Waals surface area contributed by atoms with E-state index in [2.05, 4.69) is 20.9 Å². The van der Waals surface area contributed by atoms with Crippen LogP contribution in [0.2, 0.25) is 0 Å². The molecule has 0 aromatic carbocycles. The number of nitrogens with one attached hydrogen (secondary N) is 1. The number of nitrogens with zero attached hydrogens (tertiary/aromatic N) is 1. The summed E-state index contributed by atoms with van der Waals surface area (Å²) in [6, 6.07) is 1.39. The average molecular weight is 299 g/mol. The van der Waals surface area contributed by atoms with Crippen molar-refractivity contribution < 1.29 is 4.79 Å². The molecule has 1 aromatic rings. The van der Waals surface area contributed by atoms with Gasteiger partial charge in [-0.25, -0.2) is 0 Å². The zero-order chi connectivity index (χ0) is 12.3. The van der Waals surface area contributed by atoms with Crippen molar-refractivity contribution >= 4 is 21.8 Å². The van der Waals surface area contributed by atoms with Crippen molar-refractivity contribution in [3.8, 4) is 0 Å². The van der Waals surface area contributed by atoms with Crippen molar-refractivity contribution in [3.05, 3.63) is 34.2 Å². The predicted octanol–water partition coefficient (Wildman–Crippen LogP) is 1.62. The summed E-state index contributed by atoms with van der Waals surface area (Å²) in [6.45, 7) is 1.48. The Hall–Kier alpha value is -1.10. The standard InChI is InChI=1S/C12H15BrN2O2/c13-7-9-2-5-15(6-3-9)12(17)10-8-14-4-1-11(10)16/h1,4,8-9H,2-3,5-7H2,(H,14,16). The smallest absolute Gasteiger partial charge is 0.259 e. The Balaban J connectivity index is 2.07. The van der Waals surface area contributed by atoms with Gasteiger partial charge in [0.1, 0.15) is 5.56 Å². The second-order valence-electron chi connectivity index (χ2n) is 4.31. The number of carbonyl (C=O) groups excluding carboxylic acids is 1. The molecule has 1 amide bonds. The molecule has 0 unspecified atom stereocenters. The first-order chi connectivity index (χ1) is 8.22. The van der Waals surface area contributed by atoms with Crippen LogP contribution in [0.25, 0.3) is 0 Å². The molecule has 1 saturated heterocycles. The molecule has 1 aromatic heterocycles. The highest BCUT2D eigenvalue weighted by Gasteiger charge is 2.24. The zero-order valence-corrected chi connectivity index (χ0v) is 11.1. The molecule has 0 aliphatic carbocycles. The van der Waals surface area contributed by atoms with Crippen LogP contribution < -0.4 is 5.43 Å². The quantitative estimate of drug-likeness (QED) is 0.844. The Morgan fingerprint density at radius 2 is 2.18 bits per heavy atom. The largest absolute Gasteiger partial charge is 0.367 e. The number of halogens is 1. The number of amides is 1. The summed E-state index contributed by atoms with van der Waals surface area (Å²) in [7, 11) is 0. The fourth-order valence-electron chi connectivity index (χ4n) is 2.04. The number of piperidine rings is 1. The number of hydrogen-bond donors (Lipinski definition) is 1. The first-order valence-electron chi connectivity index (χ1n) is 5.74. The molecule has 2 heterocycles. The Kier molecular flexibility index (Phi) is 3.99. The molecule has 92 valence electrons. The van der Waals surface area contributed by atoms with Crippen molar-refractivity contribution in [1.82, 2.24) is 9.88 Å². The molecule has 5 heteroatoms. The lowest BCUT2D eigenvalue weighted by molar-refractivity contribution is 0.0697. The minimum absolute atomic E-state index is 0.153. The third kappa shape index (κ3) is 2.77. The van der Waals surface area contributed by atoms with Crippen molar-refractivity contribution in [3.63, 3.8) is 0 Å². The highest BCUT2D eigenvalue weighted by atomic mass is 79.9. The molecule has 1 fully saturated rings. The number of aromatic nitrogens is 1. The average Bonchev–Trinajstić information content (AvgIpc) is 2.39. The van der Waals surface area contributed by atoms with Crippen LogP contribution in [0.15, 0.2) is 23.3 Å². The lowest BCUT2D eigenvalue weighted by Gasteiger charge is -2.31. The Morgan fingerprint density at radius 1 is 1.47 bits per heavy atom. The molecule has 2 rings (SSSR count). The molecule has 0 radical (unpaired) electrons. The topological polar surface area (TPSA) is 53.2 Å². The van der Waals surface area contributed by atoms with Gasteiger partial charge in [-0.3, -0.25) is 9.59 Å². The number of hydrogen-bond acceptors (Lipinski definition) is 2. The van der Waals surface area contributed by atoms with Gasteiger partial charge in [0, 0.05) is 36.9 Å². The Bertz CT molecular complexity index is 450. The van der Waals surface area contributed by atoms with Crippen LogP contribution in [0.4, 0.5) is 0 Å². The molecule has 0 atom stereocenters. The number of pyridine rings is 1. The highest BCUT2D eigenvalue weighted by molar-refractivity contribution is 9.09. The van der Waals surface area contributed by atoms with Crippen molar-refractivity contribution in [2.75, 3.05) is 18.4 Å². The van der Waals surface area contributed by atoms with E-state index in [1.165, 1.54) is 18.5 Å². The number of aromatic amines is 1. The van der Waals surface area contributed by atoms with Gasteiger partial charge in [-0.2, -0.15) is 0 Å². The normalized spacial score (nSPS) is 17.1. The minimum Gasteiger partial charge on any atom is -0.367 e. The fraction of sp³-hybridized carbons (Fsp3) is 0.500. The summed E-state index contributed by atoms with van der Waals surface area (Å²) < 4.78 is 0. The van der Waals surface area contributed by atoms with Gasteiger partial charge in [-0.1, -0.05) is 15.9 Å². The lowest BCUT2D eigenvalue weighted by atomic mass is 9.99. The van der Waals surface area contributed by atoms with E-state index in [0.29, 0.717) is 5.92 Å². The van der Waals surface area contributed by atoms with Crippen LogP contribution in [0.5, 0.6) is 0 Å². The number of carbonyl (C=O) groups is 1. The Morgan fingerprint density at radius 3 is 2.76 bits per heavy atom. The molecular weight excluding hydrogens is 284 g/mol. The molecule has 17 heavy (non-hydrogen) atoms. The van der Waals surface area contributed by atoms with Crippen molar-refractivity contribution in [2.45, 2.75) is 12.8 Å². The molecule has 1 aliphatic rings. The fourth-order valence-corrected chi connectivity index (χ4v) is 2.69. The second-order valence-corrected chi connectivity index (χ2v) is 4.96. The van der Waals surface area contributed by atoms with Crippen molar-refractivity contribution in [1.29, 1.82) is 0 Å². The first-order valence-corrected chi connectivity index (χ1v) is 6.87. The van der Waals surface area contributed by atoms with Crippen LogP contribution in [0, 0.1) is 5.92 Å². The summed E-state index contributed by atoms with van der Waals surface area (Å²) in [5, 5.41) is 0.987. The molecule has 0 saturated carbocycles. The zero-order valence-electron chi connectivity index (χ0n) is 9.49. The van der Waals surface area contributed by atoms with E-state index in [1.807, 2.05) is 0 Å². The minimum atomic E-state index is -0.212. The Labute approximate surface area is 108 Å². The van der Waals surface area contributed by atoms with Gasteiger partial charge in [0.2, 0.25) is 0 Å². The maximum Gasteiger partial charge on any atom is 0.259 e. The monoisotopic (exact) mass is 298 g/mol. The van der Waals surface area contributed by atoms with Gasteiger partial charge < -0.3 is 9.88 Å². The van der Waals surface area contributed by atoms with Gasteiger partial charge in [-0.05, 0) is 18.8 Å². The molecular formula is C12H15BrN2O2. The van der Waals surface area contributed by atoms with E-state index in [0.717, 1.165) is 31.3 Å². The van der Waals surface area contributed by atoms with Crippen LogP contribution in [0.3, 0.4) is 0 Å². The van der Waals surface area contributed by atoms with E-state index in [1.54, 1.807) is 4.90 Å². The number of likely N-dealkylation sites (tertiary alicyclic amines) is 1. The van der Waals surface area contributed by atoms with Crippen LogP contribution in [-0.2, 0) is 0 Å². The third-order valence-electron chi connectivity index (χ3n) is 3.17. The van der Waals surface area contributed by atoms with Crippen LogP contribution >= 0.6 is 15.9 Å². The summed E-state index contributed by atoms with van der Waals surface area (Å²) in [6.07, 6.45) is 5.03. The molecule has 4 nitrogen and oxygen atoms in total. The van der Waals surface area contributed by atoms with E-state index < -0.39 is 0 Å². The van der Waals surface area contributed by atoms with E-state index in [4.69, 9.17) is 0 Å². The SMILES string of the molecule is O=C(c1c[nH]ccc1=O)N1CCC(CBr)CC1. The highest BCUT2D eigenvalue weighted by Crippen LogP contribution is 2.19. The molecule has 0 bridgehead atoms. The second kappa shape index (κ2) is 5.49. The number of H-pyrrole nitrogens is 1. The van der Waals surface area contributed by atoms with Gasteiger partial charge in [0.25, 0.3) is 5.91 Å². The van der Waals surface area contributed by atoms with E-state index in [9.17, 15) is 9.59 Å². The number of rotatable bonds is 2. The van der Waals surface area contributed by atoms with Crippen molar-refractivity contribution in [2.24, 2.45) is 5.92 Å². The van der Waals surface area contributed by atoms with Gasteiger partial charge >= 0.3 is 0 Å². The van der Waals surface area contributed by atoms with E-state index in [-0.39, 0.29) is 16.9 Å². The summed E-state index contributed by atoms with van der Waals surface area (Å²) in [4.78, 5) is 28.2. The summed E-state index contributed by atoms with van der Waals surface area (Å²) >= 11 is 3.47. The lowest BCUT2D eigenvalue weighted by Crippen LogP contribution is -2.40. The molecule has 1 aliphatic heterocycles. The van der Waals surface area contributed by atoms with Crippen LogP contribution in [0.1, 0.15) is 23.2 Å². The van der Waals surface area contributed by atoms with Gasteiger partial charge in [0.15, 0.2) is 5.43 Å². The van der Waals surface area contributed by atoms with Gasteiger partial charge in [0.05, 0.1) is 0 Å². The van der Waals surface area contributed by atoms with E-state index >= 15 is 0 Å². The van der Waals surface area contributed by atoms with Crippen LogP contribution in [-0.4, -0.2) is 34.2 Å². The maximum absolute atomic E-state index is 12.1. The first kappa shape index (κ1) is 12.4. The predicted molar refractivity (Wildman–Crippen MR) is 69.5 cm³/mol. The summed E-state index contributed by atoms with van der Waals surface area (Å²) in [5.41, 5.74) is 0.0288. The maximum atomic E-state index is 12.1. The number of alkyl halides is 1.